The monoisotopic (exact) mass is 353 g/mol. The Kier molecular flexibility index (Phi) is 3.81. The number of anilines is 2. The number of nitrogens with zero attached hydrogens (tertiary/aromatic N) is 3. The highest BCUT2D eigenvalue weighted by molar-refractivity contribution is 6.30. The second kappa shape index (κ2) is 6.01. The van der Waals surface area contributed by atoms with Crippen molar-refractivity contribution in [1.82, 2.24) is 0 Å². The lowest BCUT2D eigenvalue weighted by molar-refractivity contribution is -0.120. The molecule has 1 atom stereocenters. The molecular formula is C19H16ClN3O2. The molecule has 0 aromatic heterocycles. The molecule has 0 saturated heterocycles. The first-order chi connectivity index (χ1) is 12.0. The third-order valence-electron chi connectivity index (χ3n) is 4.58. The Hall–Kier alpha value is -2.66. The fourth-order valence-electron chi connectivity index (χ4n) is 3.39. The number of hydrogen-bond acceptors (Lipinski definition) is 3. The summed E-state index contributed by atoms with van der Waals surface area (Å²) in [5, 5.41) is 6.68. The summed E-state index contributed by atoms with van der Waals surface area (Å²) in [4.78, 5) is 26.3. The normalized spacial score (nSPS) is 19.2. The third kappa shape index (κ3) is 2.70. The summed E-state index contributed by atoms with van der Waals surface area (Å²) in [6.07, 6.45) is 0.319. The molecule has 0 saturated carbocycles. The van der Waals surface area contributed by atoms with E-state index in [0.717, 1.165) is 17.0 Å². The van der Waals surface area contributed by atoms with Gasteiger partial charge < -0.3 is 4.90 Å². The first-order valence-corrected chi connectivity index (χ1v) is 8.47. The Bertz CT molecular complexity index is 892. The number of amides is 2. The minimum absolute atomic E-state index is 0.0286. The van der Waals surface area contributed by atoms with Gasteiger partial charge in [-0.05, 0) is 30.3 Å². The highest BCUT2D eigenvalue weighted by Gasteiger charge is 2.38. The van der Waals surface area contributed by atoms with E-state index in [1.165, 1.54) is 5.01 Å². The maximum absolute atomic E-state index is 12.6. The molecule has 5 nitrogen and oxygen atoms in total. The molecule has 0 aliphatic carbocycles. The molecule has 2 heterocycles. The molecule has 4 rings (SSSR count). The van der Waals surface area contributed by atoms with Crippen molar-refractivity contribution < 1.29 is 9.59 Å². The van der Waals surface area contributed by atoms with Gasteiger partial charge >= 0.3 is 0 Å². The van der Waals surface area contributed by atoms with Crippen LogP contribution in [0.15, 0.2) is 53.6 Å². The number of rotatable bonds is 1. The van der Waals surface area contributed by atoms with Crippen LogP contribution >= 0.6 is 11.6 Å². The van der Waals surface area contributed by atoms with Gasteiger partial charge in [-0.15, -0.1) is 0 Å². The number of halogens is 1. The number of fused-ring (bicyclic) bond motifs is 3. The van der Waals surface area contributed by atoms with Crippen LogP contribution in [0.3, 0.4) is 0 Å². The van der Waals surface area contributed by atoms with Crippen molar-refractivity contribution >= 4 is 40.5 Å². The van der Waals surface area contributed by atoms with Gasteiger partial charge in [0.25, 0.3) is 0 Å². The number of carbonyl (C=O) groups is 2. The van der Waals surface area contributed by atoms with E-state index in [2.05, 4.69) is 5.10 Å². The maximum Gasteiger partial charge on any atom is 0.248 e. The standard InChI is InChI=1S/C19H16ClN3O2/c1-12(24)22-11-13-10-18(25)23(15-8-6-14(20)7-9-15)21-19(13)16-4-2-3-5-17(16)22/h2-9,13H,10-11H2,1H3. The topological polar surface area (TPSA) is 53.0 Å². The lowest BCUT2D eigenvalue weighted by Crippen LogP contribution is -2.47. The highest BCUT2D eigenvalue weighted by Crippen LogP contribution is 2.35. The lowest BCUT2D eigenvalue weighted by Gasteiger charge is -2.38. The van der Waals surface area contributed by atoms with Gasteiger partial charge in [-0.25, -0.2) is 5.01 Å². The summed E-state index contributed by atoms with van der Waals surface area (Å²) in [5.74, 6) is -0.201. The molecule has 2 aromatic carbocycles. The van der Waals surface area contributed by atoms with Crippen LogP contribution in [-0.2, 0) is 9.59 Å². The Labute approximate surface area is 150 Å². The molecule has 25 heavy (non-hydrogen) atoms. The van der Waals surface area contributed by atoms with Gasteiger partial charge in [-0.2, -0.15) is 5.10 Å². The molecule has 0 N–H and O–H groups in total. The summed E-state index contributed by atoms with van der Waals surface area (Å²) in [6.45, 7) is 2.02. The molecule has 2 amide bonds. The van der Waals surface area contributed by atoms with E-state index in [1.807, 2.05) is 24.3 Å². The summed E-state index contributed by atoms with van der Waals surface area (Å²) in [5.41, 5.74) is 3.28. The summed E-state index contributed by atoms with van der Waals surface area (Å²) < 4.78 is 0. The van der Waals surface area contributed by atoms with Crippen LogP contribution in [0.5, 0.6) is 0 Å². The summed E-state index contributed by atoms with van der Waals surface area (Å²) in [6, 6.07) is 14.7. The SMILES string of the molecule is CC(=O)N1CC2CC(=O)N(c3ccc(Cl)cc3)N=C2c2ccccc21. The van der Waals surface area contributed by atoms with Crippen LogP contribution in [0.1, 0.15) is 18.9 Å². The first kappa shape index (κ1) is 15.8. The van der Waals surface area contributed by atoms with Crippen molar-refractivity contribution in [3.8, 4) is 0 Å². The van der Waals surface area contributed by atoms with E-state index in [0.29, 0.717) is 23.7 Å². The largest absolute Gasteiger partial charge is 0.311 e. The van der Waals surface area contributed by atoms with Crippen LogP contribution in [0.2, 0.25) is 5.02 Å². The molecule has 126 valence electrons. The van der Waals surface area contributed by atoms with Crippen LogP contribution < -0.4 is 9.91 Å². The van der Waals surface area contributed by atoms with Crippen molar-refractivity contribution in [2.45, 2.75) is 13.3 Å². The molecule has 0 bridgehead atoms. The average Bonchev–Trinajstić information content (AvgIpc) is 2.61. The van der Waals surface area contributed by atoms with Gasteiger partial charge in [-0.1, -0.05) is 29.8 Å². The average molecular weight is 354 g/mol. The molecule has 6 heteroatoms. The van der Waals surface area contributed by atoms with Crippen LogP contribution in [0.4, 0.5) is 11.4 Å². The quantitative estimate of drug-likeness (QED) is 0.788. The zero-order valence-electron chi connectivity index (χ0n) is 13.6. The van der Waals surface area contributed by atoms with Crippen molar-refractivity contribution in [2.24, 2.45) is 11.0 Å². The van der Waals surface area contributed by atoms with Crippen molar-refractivity contribution in [3.05, 3.63) is 59.1 Å². The van der Waals surface area contributed by atoms with E-state index in [9.17, 15) is 9.59 Å². The second-order valence-electron chi connectivity index (χ2n) is 6.22. The predicted molar refractivity (Wildman–Crippen MR) is 98.1 cm³/mol. The van der Waals surface area contributed by atoms with E-state index in [1.54, 1.807) is 36.1 Å². The maximum atomic E-state index is 12.6. The molecule has 0 radical (unpaired) electrons. The van der Waals surface area contributed by atoms with Gasteiger partial charge in [0, 0.05) is 36.4 Å². The Morgan fingerprint density at radius 1 is 1.16 bits per heavy atom. The second-order valence-corrected chi connectivity index (χ2v) is 6.65. The Morgan fingerprint density at radius 2 is 1.88 bits per heavy atom. The van der Waals surface area contributed by atoms with Gasteiger partial charge in [0.05, 0.1) is 17.1 Å². The zero-order valence-corrected chi connectivity index (χ0v) is 14.4. The molecule has 0 fully saturated rings. The van der Waals surface area contributed by atoms with Crippen molar-refractivity contribution in [2.75, 3.05) is 16.5 Å². The zero-order chi connectivity index (χ0) is 17.6. The fourth-order valence-corrected chi connectivity index (χ4v) is 3.52. The highest BCUT2D eigenvalue weighted by atomic mass is 35.5. The van der Waals surface area contributed by atoms with Crippen LogP contribution in [0.25, 0.3) is 0 Å². The van der Waals surface area contributed by atoms with Gasteiger partial charge in [0.2, 0.25) is 11.8 Å². The number of carbonyl (C=O) groups excluding carboxylic acids is 2. The molecular weight excluding hydrogens is 338 g/mol. The van der Waals surface area contributed by atoms with E-state index < -0.39 is 0 Å². The third-order valence-corrected chi connectivity index (χ3v) is 4.83. The number of hydrogen-bond donors (Lipinski definition) is 0. The molecule has 2 aliphatic rings. The van der Waals surface area contributed by atoms with Gasteiger partial charge in [0.15, 0.2) is 0 Å². The van der Waals surface area contributed by atoms with E-state index >= 15 is 0 Å². The summed E-state index contributed by atoms with van der Waals surface area (Å²) >= 11 is 5.93. The van der Waals surface area contributed by atoms with Gasteiger partial charge in [-0.3, -0.25) is 9.59 Å². The fraction of sp³-hybridized carbons (Fsp3) is 0.211. The molecule has 2 aromatic rings. The lowest BCUT2D eigenvalue weighted by atomic mass is 9.86. The minimum atomic E-state index is -0.0881. The molecule has 2 aliphatic heterocycles. The smallest absolute Gasteiger partial charge is 0.248 e. The molecule has 0 spiro atoms. The first-order valence-electron chi connectivity index (χ1n) is 8.09. The number of para-hydroxylation sites is 1. The van der Waals surface area contributed by atoms with E-state index in [-0.39, 0.29) is 17.7 Å². The van der Waals surface area contributed by atoms with Crippen molar-refractivity contribution in [1.29, 1.82) is 0 Å². The van der Waals surface area contributed by atoms with E-state index in [4.69, 9.17) is 11.6 Å². The number of hydrazone groups is 1. The minimum Gasteiger partial charge on any atom is -0.311 e. The van der Waals surface area contributed by atoms with Gasteiger partial charge in [0.1, 0.15) is 0 Å². The molecule has 1 unspecified atom stereocenters. The van der Waals surface area contributed by atoms with Crippen LogP contribution in [0, 0.1) is 5.92 Å². The van der Waals surface area contributed by atoms with Crippen molar-refractivity contribution in [3.63, 3.8) is 0 Å². The number of benzene rings is 2. The predicted octanol–water partition coefficient (Wildman–Crippen LogP) is 3.46. The Balaban J connectivity index is 1.82. The Morgan fingerprint density at radius 3 is 2.60 bits per heavy atom. The van der Waals surface area contributed by atoms with Crippen LogP contribution in [-0.4, -0.2) is 24.1 Å². The summed E-state index contributed by atoms with van der Waals surface area (Å²) in [7, 11) is 0.